The Balaban J connectivity index is 2.28. The van der Waals surface area contributed by atoms with Gasteiger partial charge in [-0.2, -0.15) is 0 Å². The third-order valence-electron chi connectivity index (χ3n) is 4.28. The number of fused-ring (bicyclic) bond motifs is 1. The van der Waals surface area contributed by atoms with Gasteiger partial charge in [0, 0.05) is 5.92 Å². The van der Waals surface area contributed by atoms with Crippen LogP contribution in [-0.2, 0) is 6.42 Å². The fraction of sp³-hybridized carbons (Fsp3) is 0.579. The molecular formula is C19H30Si. The molecule has 0 nitrogen and oxygen atoms in total. The standard InChI is InChI=1S/C19H30Si/c1-5-6-7-11-19-17(15-20(2,3)4)14-13-16-10-8-9-12-18(16)19/h8-10,12,15,19H,5-7,11,13-14H2,1-4H3/b17-15+. The second-order valence-electron chi connectivity index (χ2n) is 7.33. The molecule has 0 fully saturated rings. The molecule has 1 aromatic rings. The minimum atomic E-state index is -1.12. The van der Waals surface area contributed by atoms with E-state index in [1.807, 2.05) is 0 Å². The first-order valence-electron chi connectivity index (χ1n) is 8.30. The van der Waals surface area contributed by atoms with Gasteiger partial charge in [0.15, 0.2) is 0 Å². The molecule has 0 aliphatic heterocycles. The number of hydrogen-bond acceptors (Lipinski definition) is 0. The van der Waals surface area contributed by atoms with Crippen LogP contribution >= 0.6 is 0 Å². The average Bonchev–Trinajstić information content (AvgIpc) is 2.39. The zero-order valence-electron chi connectivity index (χ0n) is 13.7. The zero-order valence-corrected chi connectivity index (χ0v) is 14.7. The number of rotatable bonds is 5. The Kier molecular flexibility index (Phi) is 5.26. The summed E-state index contributed by atoms with van der Waals surface area (Å²) in [5.74, 6) is 0.707. The first-order chi connectivity index (χ1) is 9.51. The molecule has 1 aromatic carbocycles. The average molecular weight is 287 g/mol. The summed E-state index contributed by atoms with van der Waals surface area (Å²) in [5.41, 5.74) is 7.65. The van der Waals surface area contributed by atoms with Crippen molar-refractivity contribution in [3.8, 4) is 0 Å². The number of aryl methyl sites for hydroxylation is 1. The van der Waals surface area contributed by atoms with Crippen molar-refractivity contribution in [1.82, 2.24) is 0 Å². The Labute approximate surface area is 126 Å². The highest BCUT2D eigenvalue weighted by molar-refractivity contribution is 6.81. The van der Waals surface area contributed by atoms with Gasteiger partial charge in [-0.25, -0.2) is 0 Å². The molecule has 0 radical (unpaired) electrons. The third-order valence-corrected chi connectivity index (χ3v) is 5.51. The molecule has 0 saturated carbocycles. The van der Waals surface area contributed by atoms with Gasteiger partial charge in [0.25, 0.3) is 0 Å². The van der Waals surface area contributed by atoms with Crippen molar-refractivity contribution < 1.29 is 0 Å². The highest BCUT2D eigenvalue weighted by Gasteiger charge is 2.25. The smallest absolute Gasteiger partial charge is 0.0686 e. The quantitative estimate of drug-likeness (QED) is 0.453. The molecule has 0 amide bonds. The summed E-state index contributed by atoms with van der Waals surface area (Å²) in [6, 6.07) is 9.15. The van der Waals surface area contributed by atoms with Crippen molar-refractivity contribution >= 4 is 8.07 Å². The van der Waals surface area contributed by atoms with E-state index in [0.717, 1.165) is 0 Å². The predicted molar refractivity (Wildman–Crippen MR) is 93.1 cm³/mol. The van der Waals surface area contributed by atoms with Gasteiger partial charge in [0.1, 0.15) is 0 Å². The number of benzene rings is 1. The van der Waals surface area contributed by atoms with Crippen LogP contribution in [0.2, 0.25) is 19.6 Å². The van der Waals surface area contributed by atoms with Gasteiger partial charge in [-0.15, -0.1) is 0 Å². The minimum Gasteiger partial charge on any atom is -0.0952 e. The molecule has 1 aliphatic rings. The molecule has 0 bridgehead atoms. The largest absolute Gasteiger partial charge is 0.0952 e. The van der Waals surface area contributed by atoms with Crippen LogP contribution in [0.3, 0.4) is 0 Å². The van der Waals surface area contributed by atoms with E-state index in [2.05, 4.69) is 56.5 Å². The number of allylic oxidation sites excluding steroid dienone is 1. The van der Waals surface area contributed by atoms with Crippen molar-refractivity contribution in [2.75, 3.05) is 0 Å². The molecule has 1 atom stereocenters. The summed E-state index contributed by atoms with van der Waals surface area (Å²) in [4.78, 5) is 0. The highest BCUT2D eigenvalue weighted by Crippen LogP contribution is 2.39. The lowest BCUT2D eigenvalue weighted by atomic mass is 9.77. The van der Waals surface area contributed by atoms with Crippen LogP contribution in [0, 0.1) is 0 Å². The maximum Gasteiger partial charge on any atom is 0.0686 e. The van der Waals surface area contributed by atoms with Crippen molar-refractivity contribution in [1.29, 1.82) is 0 Å². The van der Waals surface area contributed by atoms with Crippen LogP contribution in [0.15, 0.2) is 35.5 Å². The van der Waals surface area contributed by atoms with E-state index in [0.29, 0.717) is 5.92 Å². The van der Waals surface area contributed by atoms with Gasteiger partial charge in [-0.1, -0.05) is 81.4 Å². The Hall–Kier alpha value is -0.823. The number of hydrogen-bond donors (Lipinski definition) is 0. The Bertz CT molecular complexity index is 465. The molecule has 0 heterocycles. The van der Waals surface area contributed by atoms with Crippen molar-refractivity contribution in [2.24, 2.45) is 0 Å². The van der Waals surface area contributed by atoms with Gasteiger partial charge in [-0.3, -0.25) is 0 Å². The maximum atomic E-state index is 2.68. The van der Waals surface area contributed by atoms with Gasteiger partial charge >= 0.3 is 0 Å². The first-order valence-corrected chi connectivity index (χ1v) is 11.9. The summed E-state index contributed by atoms with van der Waals surface area (Å²) < 4.78 is 0. The van der Waals surface area contributed by atoms with Crippen LogP contribution in [0.25, 0.3) is 0 Å². The van der Waals surface area contributed by atoms with E-state index in [4.69, 9.17) is 0 Å². The van der Waals surface area contributed by atoms with E-state index >= 15 is 0 Å². The predicted octanol–water partition coefficient (Wildman–Crippen LogP) is 6.10. The molecule has 1 aliphatic carbocycles. The second kappa shape index (κ2) is 6.75. The summed E-state index contributed by atoms with van der Waals surface area (Å²) in [5, 5.41) is 0. The molecule has 1 heteroatoms. The van der Waals surface area contributed by atoms with Crippen molar-refractivity contribution in [3.05, 3.63) is 46.7 Å². The zero-order chi connectivity index (χ0) is 14.6. The fourth-order valence-corrected chi connectivity index (χ4v) is 4.88. The third kappa shape index (κ3) is 4.08. The molecule has 0 aromatic heterocycles. The van der Waals surface area contributed by atoms with Gasteiger partial charge in [0.2, 0.25) is 0 Å². The molecule has 2 rings (SSSR count). The summed E-state index contributed by atoms with van der Waals surface area (Å²) in [7, 11) is -1.12. The van der Waals surface area contributed by atoms with Crippen LogP contribution in [0.1, 0.15) is 56.1 Å². The molecular weight excluding hydrogens is 256 g/mol. The first kappa shape index (κ1) is 15.6. The van der Waals surface area contributed by atoms with E-state index < -0.39 is 8.07 Å². The normalized spacial score (nSPS) is 21.0. The van der Waals surface area contributed by atoms with Crippen LogP contribution in [0.4, 0.5) is 0 Å². The summed E-state index contributed by atoms with van der Waals surface area (Å²) >= 11 is 0. The SMILES string of the molecule is CCCCCC1/C(=C/[Si](C)(C)C)CCc2ccccc21. The molecule has 0 saturated heterocycles. The van der Waals surface area contributed by atoms with Crippen LogP contribution < -0.4 is 0 Å². The molecule has 0 spiro atoms. The summed E-state index contributed by atoms with van der Waals surface area (Å²) in [6.07, 6.45) is 7.95. The van der Waals surface area contributed by atoms with E-state index in [1.165, 1.54) is 38.5 Å². The van der Waals surface area contributed by atoms with Crippen molar-refractivity contribution in [2.45, 2.75) is 71.0 Å². The molecule has 20 heavy (non-hydrogen) atoms. The fourth-order valence-electron chi connectivity index (χ4n) is 3.42. The monoisotopic (exact) mass is 286 g/mol. The lowest BCUT2D eigenvalue weighted by Gasteiger charge is -2.30. The molecule has 1 unspecified atom stereocenters. The summed E-state index contributed by atoms with van der Waals surface area (Å²) in [6.45, 7) is 9.68. The van der Waals surface area contributed by atoms with Gasteiger partial charge in [0.05, 0.1) is 8.07 Å². The second-order valence-corrected chi connectivity index (χ2v) is 12.4. The topological polar surface area (TPSA) is 0 Å². The Morgan fingerprint density at radius 2 is 1.85 bits per heavy atom. The van der Waals surface area contributed by atoms with Gasteiger partial charge in [-0.05, 0) is 30.4 Å². The number of unbranched alkanes of at least 4 members (excludes halogenated alkanes) is 2. The Morgan fingerprint density at radius 1 is 1.10 bits per heavy atom. The highest BCUT2D eigenvalue weighted by atomic mass is 28.3. The molecule has 110 valence electrons. The van der Waals surface area contributed by atoms with Crippen LogP contribution in [-0.4, -0.2) is 8.07 Å². The van der Waals surface area contributed by atoms with E-state index in [9.17, 15) is 0 Å². The lowest BCUT2D eigenvalue weighted by molar-refractivity contribution is 0.580. The van der Waals surface area contributed by atoms with Crippen molar-refractivity contribution in [3.63, 3.8) is 0 Å². The maximum absolute atomic E-state index is 2.68. The lowest BCUT2D eigenvalue weighted by Crippen LogP contribution is -2.21. The molecule has 0 N–H and O–H groups in total. The van der Waals surface area contributed by atoms with E-state index in [1.54, 1.807) is 16.7 Å². The Morgan fingerprint density at radius 3 is 2.55 bits per heavy atom. The minimum absolute atomic E-state index is 0.707. The van der Waals surface area contributed by atoms with Crippen LogP contribution in [0.5, 0.6) is 0 Å². The van der Waals surface area contributed by atoms with E-state index in [-0.39, 0.29) is 0 Å². The van der Waals surface area contributed by atoms with Gasteiger partial charge < -0.3 is 0 Å².